The molecule has 2 rings (SSSR count). The van der Waals surface area contributed by atoms with Crippen molar-refractivity contribution in [2.75, 3.05) is 0 Å². The summed E-state index contributed by atoms with van der Waals surface area (Å²) >= 11 is 0. The fourth-order valence-corrected chi connectivity index (χ4v) is 3.50. The first kappa shape index (κ1) is 19.7. The highest BCUT2D eigenvalue weighted by Gasteiger charge is 2.34. The Morgan fingerprint density at radius 2 is 1.68 bits per heavy atom. The van der Waals surface area contributed by atoms with Gasteiger partial charge >= 0.3 is 6.36 Å². The minimum atomic E-state index is -5.12. The Kier molecular flexibility index (Phi) is 6.85. The van der Waals surface area contributed by atoms with E-state index >= 15 is 0 Å². The van der Waals surface area contributed by atoms with Crippen LogP contribution in [0.3, 0.4) is 0 Å². The molecule has 0 N–H and O–H groups in total. The third kappa shape index (κ3) is 6.01. The van der Waals surface area contributed by atoms with Crippen LogP contribution in [0.25, 0.3) is 0 Å². The molecule has 0 aromatic heterocycles. The lowest BCUT2D eigenvalue weighted by atomic mass is 9.77. The highest BCUT2D eigenvalue weighted by Crippen LogP contribution is 2.40. The zero-order valence-electron chi connectivity index (χ0n) is 14.2. The van der Waals surface area contributed by atoms with Gasteiger partial charge in [0.1, 0.15) is 0 Å². The van der Waals surface area contributed by atoms with E-state index < -0.39 is 23.7 Å². The molecule has 1 aliphatic carbocycles. The van der Waals surface area contributed by atoms with E-state index in [1.807, 2.05) is 13.0 Å². The summed E-state index contributed by atoms with van der Waals surface area (Å²) in [4.78, 5) is 0. The molecule has 0 amide bonds. The van der Waals surface area contributed by atoms with Gasteiger partial charge in [0, 0.05) is 0 Å². The fraction of sp³-hybridized carbons (Fsp3) is 0.579. The quantitative estimate of drug-likeness (QED) is 0.304. The molecule has 0 saturated heterocycles. The molecule has 140 valence electrons. The first-order valence-electron chi connectivity index (χ1n) is 8.66. The highest BCUT2D eigenvalue weighted by molar-refractivity contribution is 5.33. The second-order valence-corrected chi connectivity index (χ2v) is 6.58. The molecule has 0 unspecified atom stereocenters. The van der Waals surface area contributed by atoms with E-state index in [9.17, 15) is 22.0 Å². The topological polar surface area (TPSA) is 9.23 Å². The number of alkyl halides is 3. The summed E-state index contributed by atoms with van der Waals surface area (Å²) in [7, 11) is 0. The number of halogens is 5. The average molecular weight is 362 g/mol. The minimum Gasteiger partial charge on any atom is -0.399 e. The van der Waals surface area contributed by atoms with Gasteiger partial charge < -0.3 is 4.74 Å². The van der Waals surface area contributed by atoms with Gasteiger partial charge in [0.2, 0.25) is 5.75 Å². The van der Waals surface area contributed by atoms with E-state index in [-0.39, 0.29) is 5.92 Å². The molecule has 0 spiro atoms. The maximum absolute atomic E-state index is 13.8. The lowest BCUT2D eigenvalue weighted by Gasteiger charge is -2.29. The van der Waals surface area contributed by atoms with Gasteiger partial charge in [-0.3, -0.25) is 0 Å². The molecule has 25 heavy (non-hydrogen) atoms. The molecule has 1 aliphatic rings. The second-order valence-electron chi connectivity index (χ2n) is 6.58. The Morgan fingerprint density at radius 1 is 1.08 bits per heavy atom. The summed E-state index contributed by atoms with van der Waals surface area (Å²) in [6, 6.07) is 1.95. The molecule has 6 heteroatoms. The summed E-state index contributed by atoms with van der Waals surface area (Å²) < 4.78 is 67.7. The predicted octanol–water partition coefficient (Wildman–Crippen LogP) is 6.88. The van der Waals surface area contributed by atoms with Crippen LogP contribution in [0.1, 0.15) is 63.4 Å². The van der Waals surface area contributed by atoms with Crippen LogP contribution in [0.15, 0.2) is 24.3 Å². The van der Waals surface area contributed by atoms with Crippen molar-refractivity contribution < 1.29 is 26.7 Å². The SMILES string of the molecule is CC=CCCCC1CCC(c2cc(F)c(OC(F)(F)F)c(F)c2)CC1. The third-order valence-electron chi connectivity index (χ3n) is 4.78. The first-order chi connectivity index (χ1) is 11.8. The van der Waals surface area contributed by atoms with Gasteiger partial charge in [-0.15, -0.1) is 13.2 Å². The van der Waals surface area contributed by atoms with Crippen molar-refractivity contribution in [1.82, 2.24) is 0 Å². The van der Waals surface area contributed by atoms with Crippen LogP contribution in [0.2, 0.25) is 0 Å². The summed E-state index contributed by atoms with van der Waals surface area (Å²) in [5.74, 6) is -3.39. The number of ether oxygens (including phenoxy) is 1. The van der Waals surface area contributed by atoms with Crippen LogP contribution in [-0.4, -0.2) is 6.36 Å². The monoisotopic (exact) mass is 362 g/mol. The predicted molar refractivity (Wildman–Crippen MR) is 86.4 cm³/mol. The number of allylic oxidation sites excluding steroid dienone is 2. The number of rotatable bonds is 6. The standard InChI is InChI=1S/C19H23F5O/c1-2-3-4-5-6-13-7-9-14(10-8-13)15-11-16(20)18(17(21)12-15)25-19(22,23)24/h2-3,11-14H,4-10H2,1H3. The Hall–Kier alpha value is -1.59. The highest BCUT2D eigenvalue weighted by atomic mass is 19.4. The van der Waals surface area contributed by atoms with Crippen molar-refractivity contribution in [2.45, 2.75) is 64.1 Å². The van der Waals surface area contributed by atoms with Gasteiger partial charge in [-0.2, -0.15) is 0 Å². The van der Waals surface area contributed by atoms with Gasteiger partial charge in [0.25, 0.3) is 0 Å². The maximum atomic E-state index is 13.8. The molecular weight excluding hydrogens is 339 g/mol. The van der Waals surface area contributed by atoms with Crippen molar-refractivity contribution in [1.29, 1.82) is 0 Å². The van der Waals surface area contributed by atoms with Crippen molar-refractivity contribution in [3.63, 3.8) is 0 Å². The average Bonchev–Trinajstić information content (AvgIpc) is 2.54. The van der Waals surface area contributed by atoms with Gasteiger partial charge in [0.15, 0.2) is 11.6 Å². The molecule has 0 radical (unpaired) electrons. The molecule has 1 fully saturated rings. The largest absolute Gasteiger partial charge is 0.573 e. The number of hydrogen-bond acceptors (Lipinski definition) is 1. The number of benzene rings is 1. The Labute approximate surface area is 144 Å². The second kappa shape index (κ2) is 8.68. The van der Waals surface area contributed by atoms with Crippen LogP contribution in [0.5, 0.6) is 5.75 Å². The van der Waals surface area contributed by atoms with Gasteiger partial charge in [0.05, 0.1) is 0 Å². The Bertz CT molecular complexity index is 563. The lowest BCUT2D eigenvalue weighted by molar-refractivity contribution is -0.276. The maximum Gasteiger partial charge on any atom is 0.573 e. The molecule has 0 bridgehead atoms. The molecule has 1 saturated carbocycles. The van der Waals surface area contributed by atoms with Crippen LogP contribution in [-0.2, 0) is 0 Å². The van der Waals surface area contributed by atoms with Crippen LogP contribution in [0.4, 0.5) is 22.0 Å². The molecule has 0 aliphatic heterocycles. The fourth-order valence-electron chi connectivity index (χ4n) is 3.50. The Balaban J connectivity index is 1.95. The molecule has 0 heterocycles. The van der Waals surface area contributed by atoms with E-state index in [0.717, 1.165) is 57.1 Å². The number of hydrogen-bond donors (Lipinski definition) is 0. The van der Waals surface area contributed by atoms with E-state index in [2.05, 4.69) is 10.8 Å². The van der Waals surface area contributed by atoms with Gasteiger partial charge in [-0.1, -0.05) is 18.6 Å². The number of unbranched alkanes of at least 4 members (excludes halogenated alkanes) is 1. The van der Waals surface area contributed by atoms with Crippen LogP contribution < -0.4 is 4.74 Å². The van der Waals surface area contributed by atoms with Gasteiger partial charge in [-0.05, 0) is 75.0 Å². The summed E-state index contributed by atoms with van der Waals surface area (Å²) in [5.41, 5.74) is 0.414. The van der Waals surface area contributed by atoms with Crippen molar-refractivity contribution in [3.05, 3.63) is 41.5 Å². The zero-order chi connectivity index (χ0) is 18.4. The van der Waals surface area contributed by atoms with E-state index in [1.54, 1.807) is 0 Å². The summed E-state index contributed by atoms with van der Waals surface area (Å²) in [5, 5.41) is 0. The third-order valence-corrected chi connectivity index (χ3v) is 4.78. The molecule has 1 nitrogen and oxygen atoms in total. The normalized spacial score (nSPS) is 21.7. The van der Waals surface area contributed by atoms with Crippen molar-refractivity contribution in [2.24, 2.45) is 5.92 Å². The van der Waals surface area contributed by atoms with E-state index in [4.69, 9.17) is 0 Å². The Morgan fingerprint density at radius 3 is 2.20 bits per heavy atom. The first-order valence-corrected chi connectivity index (χ1v) is 8.66. The molecular formula is C19H23F5O. The van der Waals surface area contributed by atoms with Crippen LogP contribution >= 0.6 is 0 Å². The minimum absolute atomic E-state index is 0.0178. The van der Waals surface area contributed by atoms with Crippen LogP contribution in [0, 0.1) is 17.6 Å². The summed E-state index contributed by atoms with van der Waals surface area (Å²) in [6.45, 7) is 1.99. The zero-order valence-corrected chi connectivity index (χ0v) is 14.2. The smallest absolute Gasteiger partial charge is 0.399 e. The molecule has 1 aromatic carbocycles. The lowest BCUT2D eigenvalue weighted by Crippen LogP contribution is -2.19. The molecule has 1 aromatic rings. The van der Waals surface area contributed by atoms with Crippen molar-refractivity contribution in [3.8, 4) is 5.75 Å². The van der Waals surface area contributed by atoms with E-state index in [1.165, 1.54) is 0 Å². The molecule has 0 atom stereocenters. The summed E-state index contributed by atoms with van der Waals surface area (Å²) in [6.07, 6.45) is 5.94. The van der Waals surface area contributed by atoms with E-state index in [0.29, 0.717) is 11.5 Å². The van der Waals surface area contributed by atoms with Crippen molar-refractivity contribution >= 4 is 0 Å². The van der Waals surface area contributed by atoms with Gasteiger partial charge in [-0.25, -0.2) is 8.78 Å².